The van der Waals surface area contributed by atoms with Gasteiger partial charge in [0.1, 0.15) is 6.54 Å². The number of unbranched alkanes of at least 4 members (excludes halogenated alkanes) is 1. The number of pyridine rings is 1. The molecule has 0 aliphatic heterocycles. The molecule has 1 aromatic carbocycles. The lowest BCUT2D eigenvalue weighted by molar-refractivity contribution is -0.697. The summed E-state index contributed by atoms with van der Waals surface area (Å²) in [6, 6.07) is 13.4. The normalized spacial score (nSPS) is 13.2. The number of azo groups is 1. The number of hydrogen-bond acceptors (Lipinski definition) is 4. The first kappa shape index (κ1) is 18.2. The highest BCUT2D eigenvalue weighted by Gasteiger charge is 2.10. The molecule has 1 aromatic heterocycles. The van der Waals surface area contributed by atoms with E-state index < -0.39 is 10.1 Å². The second-order valence-corrected chi connectivity index (χ2v) is 7.17. The Balaban J connectivity index is 1.93. The van der Waals surface area contributed by atoms with Crippen LogP contribution in [0.5, 0.6) is 0 Å². The second-order valence-electron chi connectivity index (χ2n) is 5.60. The van der Waals surface area contributed by atoms with Crippen molar-refractivity contribution in [1.29, 1.82) is 0 Å². The molecule has 0 spiro atoms. The van der Waals surface area contributed by atoms with Gasteiger partial charge in [-0.3, -0.25) is 4.55 Å². The third-order valence-electron chi connectivity index (χ3n) is 3.53. The Kier molecular flexibility index (Phi) is 6.57. The first-order chi connectivity index (χ1) is 11.4. The van der Waals surface area contributed by atoms with Gasteiger partial charge in [0, 0.05) is 18.1 Å². The Labute approximate surface area is 142 Å². The van der Waals surface area contributed by atoms with Gasteiger partial charge in [0.2, 0.25) is 0 Å². The molecule has 7 heteroatoms. The minimum atomic E-state index is -3.87. The molecule has 0 aliphatic rings. The van der Waals surface area contributed by atoms with Crippen molar-refractivity contribution >= 4 is 15.8 Å². The van der Waals surface area contributed by atoms with Crippen LogP contribution in [0.1, 0.15) is 31.4 Å². The van der Waals surface area contributed by atoms with Gasteiger partial charge in [-0.05, 0) is 31.5 Å². The van der Waals surface area contributed by atoms with E-state index in [9.17, 15) is 8.42 Å². The van der Waals surface area contributed by atoms with Crippen molar-refractivity contribution in [3.8, 4) is 0 Å². The molecular weight excluding hydrogens is 326 g/mol. The lowest BCUT2D eigenvalue weighted by atomic mass is 10.1. The third-order valence-corrected chi connectivity index (χ3v) is 4.34. The lowest BCUT2D eigenvalue weighted by Gasteiger charge is -2.04. The fraction of sp³-hybridized carbons (Fsp3) is 0.353. The zero-order valence-corrected chi connectivity index (χ0v) is 14.4. The van der Waals surface area contributed by atoms with E-state index in [1.54, 1.807) is 0 Å². The van der Waals surface area contributed by atoms with E-state index in [0.717, 1.165) is 11.3 Å². The maximum Gasteiger partial charge on any atom is 0.264 e. The fourth-order valence-electron chi connectivity index (χ4n) is 2.22. The van der Waals surface area contributed by atoms with E-state index in [4.69, 9.17) is 4.55 Å². The van der Waals surface area contributed by atoms with Crippen LogP contribution in [-0.4, -0.2) is 18.7 Å². The molecule has 0 saturated heterocycles. The monoisotopic (exact) mass is 348 g/mol. The van der Waals surface area contributed by atoms with Crippen molar-refractivity contribution in [2.75, 3.05) is 5.75 Å². The van der Waals surface area contributed by atoms with E-state index in [2.05, 4.69) is 10.2 Å². The van der Waals surface area contributed by atoms with Gasteiger partial charge >= 0.3 is 0 Å². The summed E-state index contributed by atoms with van der Waals surface area (Å²) >= 11 is 0. The van der Waals surface area contributed by atoms with Gasteiger partial charge in [-0.1, -0.05) is 18.2 Å². The average Bonchev–Trinajstić information content (AvgIpc) is 2.57. The van der Waals surface area contributed by atoms with E-state index in [-0.39, 0.29) is 11.8 Å². The highest BCUT2D eigenvalue weighted by molar-refractivity contribution is 7.85. The first-order valence-electron chi connectivity index (χ1n) is 7.84. The van der Waals surface area contributed by atoms with E-state index in [1.807, 2.05) is 66.3 Å². The van der Waals surface area contributed by atoms with Crippen molar-refractivity contribution in [1.82, 2.24) is 0 Å². The third kappa shape index (κ3) is 6.55. The van der Waals surface area contributed by atoms with Crippen LogP contribution in [0.15, 0.2) is 65.1 Å². The van der Waals surface area contributed by atoms with E-state index in [0.29, 0.717) is 19.4 Å². The molecule has 2 rings (SSSR count). The predicted molar refractivity (Wildman–Crippen MR) is 91.7 cm³/mol. The van der Waals surface area contributed by atoms with E-state index in [1.165, 1.54) is 0 Å². The van der Waals surface area contributed by atoms with Crippen LogP contribution in [0, 0.1) is 0 Å². The standard InChI is InChI=1S/C17H21N3O3S/c1-15(18-19-17-9-3-2-4-10-17)16-8-7-12-20(14-16)11-5-6-13-24(21,22)23/h2-4,7-10,12,14-15H,5-6,11,13H2,1H3/p+1. The zero-order chi connectivity index (χ0) is 17.4. The number of aromatic nitrogens is 1. The smallest absolute Gasteiger partial charge is 0.264 e. The van der Waals surface area contributed by atoms with Gasteiger partial charge in [0.25, 0.3) is 10.1 Å². The summed E-state index contributed by atoms with van der Waals surface area (Å²) in [4.78, 5) is 0. The Hall–Kier alpha value is -2.12. The van der Waals surface area contributed by atoms with Crippen molar-refractivity contribution in [3.05, 3.63) is 60.4 Å². The van der Waals surface area contributed by atoms with E-state index >= 15 is 0 Å². The van der Waals surface area contributed by atoms with Gasteiger partial charge in [0.15, 0.2) is 12.4 Å². The lowest BCUT2D eigenvalue weighted by Crippen LogP contribution is -2.33. The first-order valence-corrected chi connectivity index (χ1v) is 9.45. The minimum Gasteiger partial charge on any atom is -0.286 e. The molecule has 0 amide bonds. The van der Waals surface area contributed by atoms with Gasteiger partial charge in [-0.15, -0.1) is 0 Å². The number of hydrogen-bond donors (Lipinski definition) is 1. The summed E-state index contributed by atoms with van der Waals surface area (Å²) in [5.41, 5.74) is 1.85. The number of nitrogens with zero attached hydrogens (tertiary/aromatic N) is 3. The second kappa shape index (κ2) is 8.65. The van der Waals surface area contributed by atoms with Crippen LogP contribution in [0.25, 0.3) is 0 Å². The van der Waals surface area contributed by atoms with Crippen LogP contribution in [0.2, 0.25) is 0 Å². The maximum atomic E-state index is 10.7. The maximum absolute atomic E-state index is 10.7. The summed E-state index contributed by atoms with van der Waals surface area (Å²) < 4.78 is 32.1. The summed E-state index contributed by atoms with van der Waals surface area (Å²) in [6.07, 6.45) is 5.02. The van der Waals surface area contributed by atoms with Crippen LogP contribution < -0.4 is 4.57 Å². The number of benzene rings is 1. The largest absolute Gasteiger partial charge is 0.286 e. The summed E-state index contributed by atoms with van der Waals surface area (Å²) in [7, 11) is -3.87. The van der Waals surface area contributed by atoms with Crippen molar-refractivity contribution < 1.29 is 17.5 Å². The number of rotatable bonds is 8. The molecule has 2 aromatic rings. The quantitative estimate of drug-likeness (QED) is 0.343. The van der Waals surface area contributed by atoms with Gasteiger partial charge in [-0.25, -0.2) is 4.57 Å². The fourth-order valence-corrected chi connectivity index (χ4v) is 2.79. The molecule has 1 atom stereocenters. The Morgan fingerprint density at radius 3 is 2.58 bits per heavy atom. The topological polar surface area (TPSA) is 83.0 Å². The van der Waals surface area contributed by atoms with Crippen LogP contribution in [-0.2, 0) is 16.7 Å². The van der Waals surface area contributed by atoms with Gasteiger partial charge in [0.05, 0.1) is 17.5 Å². The number of aryl methyl sites for hydroxylation is 1. The van der Waals surface area contributed by atoms with Crippen molar-refractivity contribution in [3.63, 3.8) is 0 Å². The molecule has 0 saturated carbocycles. The molecule has 1 heterocycles. The Morgan fingerprint density at radius 2 is 1.88 bits per heavy atom. The van der Waals surface area contributed by atoms with Gasteiger partial charge in [-0.2, -0.15) is 18.6 Å². The zero-order valence-electron chi connectivity index (χ0n) is 13.6. The van der Waals surface area contributed by atoms with Gasteiger partial charge < -0.3 is 0 Å². The molecule has 6 nitrogen and oxygen atoms in total. The van der Waals surface area contributed by atoms with Crippen molar-refractivity contribution in [2.45, 2.75) is 32.4 Å². The molecule has 0 bridgehead atoms. The molecule has 128 valence electrons. The highest BCUT2D eigenvalue weighted by Crippen LogP contribution is 2.19. The summed E-state index contributed by atoms with van der Waals surface area (Å²) in [5.74, 6) is -0.199. The molecule has 24 heavy (non-hydrogen) atoms. The Bertz CT molecular complexity index is 777. The van der Waals surface area contributed by atoms with Crippen LogP contribution in [0.4, 0.5) is 5.69 Å². The summed E-state index contributed by atoms with van der Waals surface area (Å²) in [5, 5.41) is 8.57. The SMILES string of the molecule is CC(N=Nc1ccccc1)c1ccc[n+](CCCCS(=O)(=O)O)c1. The van der Waals surface area contributed by atoms with Crippen LogP contribution in [0.3, 0.4) is 0 Å². The molecule has 0 fully saturated rings. The minimum absolute atomic E-state index is 0.0736. The summed E-state index contributed by atoms with van der Waals surface area (Å²) in [6.45, 7) is 2.66. The van der Waals surface area contributed by atoms with Crippen molar-refractivity contribution in [2.24, 2.45) is 10.2 Å². The highest BCUT2D eigenvalue weighted by atomic mass is 32.2. The molecule has 0 radical (unpaired) electrons. The Morgan fingerprint density at radius 1 is 1.12 bits per heavy atom. The molecule has 1 N–H and O–H groups in total. The predicted octanol–water partition coefficient (Wildman–Crippen LogP) is 3.49. The average molecular weight is 348 g/mol. The molecule has 0 aliphatic carbocycles. The molecular formula is C17H22N3O3S+. The molecule has 1 unspecified atom stereocenters. The van der Waals surface area contributed by atoms with Crippen LogP contribution >= 0.6 is 0 Å².